The fourth-order valence-electron chi connectivity index (χ4n) is 0.506. The molecule has 10 heavy (non-hydrogen) atoms. The first-order valence-electron chi connectivity index (χ1n) is 2.89. The van der Waals surface area contributed by atoms with Gasteiger partial charge in [0.25, 0.3) is 0 Å². The van der Waals surface area contributed by atoms with Crippen LogP contribution in [0.1, 0.15) is 0 Å². The van der Waals surface area contributed by atoms with E-state index in [0.717, 1.165) is 0 Å². The average molecular weight is 146 g/mol. The molecule has 0 aromatic heterocycles. The monoisotopic (exact) mass is 146 g/mol. The van der Waals surface area contributed by atoms with Gasteiger partial charge in [-0.3, -0.25) is 4.79 Å². The topological polar surface area (TPSA) is 38.8 Å². The maximum Gasteiger partial charge on any atom is 0.312 e. The van der Waals surface area contributed by atoms with Crippen molar-refractivity contribution >= 4 is 6.41 Å². The number of hydrogen-bond donors (Lipinski definition) is 0. The van der Waals surface area contributed by atoms with Crippen molar-refractivity contribution in [1.29, 1.82) is 0 Å². The lowest BCUT2D eigenvalue weighted by Gasteiger charge is -2.16. The Hall–Kier alpha value is -0.610. The van der Waals surface area contributed by atoms with E-state index < -0.39 is 0 Å². The molecule has 0 aromatic carbocycles. The molecule has 1 amide bonds. The third-order valence-corrected chi connectivity index (χ3v) is 1.10. The Bertz CT molecular complexity index is 93.0. The molecule has 0 aromatic rings. The molecule has 0 aliphatic heterocycles. The van der Waals surface area contributed by atoms with Gasteiger partial charge in [-0.05, 0) is 0 Å². The number of amides is 1. The SMILES string of the molecule is COC(CN(C)[C]=O)OC. The van der Waals surface area contributed by atoms with Crippen LogP contribution in [0.3, 0.4) is 0 Å². The number of methoxy groups -OCH3 is 2. The number of hydrogen-bond acceptors (Lipinski definition) is 3. The highest BCUT2D eigenvalue weighted by atomic mass is 16.7. The summed E-state index contributed by atoms with van der Waals surface area (Å²) in [5, 5.41) is 0. The first-order valence-corrected chi connectivity index (χ1v) is 2.89. The summed E-state index contributed by atoms with van der Waals surface area (Å²) in [5.74, 6) is 0. The molecule has 0 heterocycles. The Balaban J connectivity index is 3.51. The predicted molar refractivity (Wildman–Crippen MR) is 36.1 cm³/mol. The van der Waals surface area contributed by atoms with Crippen LogP contribution in [0.5, 0.6) is 0 Å². The molecule has 0 aliphatic carbocycles. The molecule has 4 nitrogen and oxygen atoms in total. The fraction of sp³-hybridized carbons (Fsp3) is 0.833. The molecule has 0 bridgehead atoms. The van der Waals surface area contributed by atoms with Crippen molar-refractivity contribution in [3.8, 4) is 0 Å². The van der Waals surface area contributed by atoms with E-state index in [1.165, 1.54) is 19.1 Å². The molecule has 0 rings (SSSR count). The van der Waals surface area contributed by atoms with E-state index in [-0.39, 0.29) is 6.29 Å². The highest BCUT2D eigenvalue weighted by Crippen LogP contribution is 1.91. The van der Waals surface area contributed by atoms with Crippen LogP contribution in [0.4, 0.5) is 0 Å². The molecule has 0 saturated heterocycles. The van der Waals surface area contributed by atoms with E-state index in [1.54, 1.807) is 13.5 Å². The lowest BCUT2D eigenvalue weighted by atomic mass is 10.6. The zero-order valence-corrected chi connectivity index (χ0v) is 6.46. The van der Waals surface area contributed by atoms with Crippen molar-refractivity contribution in [2.45, 2.75) is 6.29 Å². The summed E-state index contributed by atoms with van der Waals surface area (Å²) in [6.07, 6.45) is 1.33. The number of rotatable bonds is 5. The minimum atomic E-state index is -0.355. The van der Waals surface area contributed by atoms with Crippen molar-refractivity contribution in [2.75, 3.05) is 27.8 Å². The van der Waals surface area contributed by atoms with E-state index in [0.29, 0.717) is 6.54 Å². The summed E-state index contributed by atoms with van der Waals surface area (Å²) in [4.78, 5) is 11.3. The summed E-state index contributed by atoms with van der Waals surface area (Å²) in [6.45, 7) is 0.399. The van der Waals surface area contributed by atoms with Crippen LogP contribution in [0, 0.1) is 0 Å². The van der Waals surface area contributed by atoms with Crippen LogP contribution < -0.4 is 0 Å². The van der Waals surface area contributed by atoms with Gasteiger partial charge in [0, 0.05) is 21.3 Å². The molecule has 0 N–H and O–H groups in total. The second-order valence-corrected chi connectivity index (χ2v) is 1.87. The zero-order chi connectivity index (χ0) is 7.98. The van der Waals surface area contributed by atoms with Crippen LogP contribution in [0.25, 0.3) is 0 Å². The number of ether oxygens (including phenoxy) is 2. The van der Waals surface area contributed by atoms with Gasteiger partial charge in [-0.15, -0.1) is 0 Å². The third-order valence-electron chi connectivity index (χ3n) is 1.10. The normalized spacial score (nSPS) is 10.0. The summed E-state index contributed by atoms with van der Waals surface area (Å²) < 4.78 is 9.66. The zero-order valence-electron chi connectivity index (χ0n) is 6.46. The first-order chi connectivity index (χ1) is 4.74. The highest BCUT2D eigenvalue weighted by molar-refractivity contribution is 5.47. The summed E-state index contributed by atoms with van der Waals surface area (Å²) in [7, 11) is 4.65. The van der Waals surface area contributed by atoms with Crippen LogP contribution in [0.2, 0.25) is 0 Å². The van der Waals surface area contributed by atoms with Crippen molar-refractivity contribution < 1.29 is 14.3 Å². The van der Waals surface area contributed by atoms with Crippen LogP contribution >= 0.6 is 0 Å². The largest absolute Gasteiger partial charge is 0.354 e. The molecule has 0 atom stereocenters. The van der Waals surface area contributed by atoms with E-state index >= 15 is 0 Å². The fourth-order valence-corrected chi connectivity index (χ4v) is 0.506. The summed E-state index contributed by atoms with van der Waals surface area (Å²) in [6, 6.07) is 0. The Kier molecular flexibility index (Phi) is 4.88. The Morgan fingerprint density at radius 3 is 2.30 bits per heavy atom. The maximum atomic E-state index is 9.96. The molecule has 0 spiro atoms. The van der Waals surface area contributed by atoms with Crippen LogP contribution in [0.15, 0.2) is 0 Å². The minimum absolute atomic E-state index is 0.355. The number of nitrogens with zero attached hydrogens (tertiary/aromatic N) is 1. The van der Waals surface area contributed by atoms with Crippen molar-refractivity contribution in [2.24, 2.45) is 0 Å². The molecule has 59 valence electrons. The van der Waals surface area contributed by atoms with Crippen LogP contribution in [-0.2, 0) is 14.3 Å². The van der Waals surface area contributed by atoms with Gasteiger partial charge in [0.1, 0.15) is 0 Å². The summed E-state index contributed by atoms with van der Waals surface area (Å²) in [5.41, 5.74) is 0. The van der Waals surface area contributed by atoms with Gasteiger partial charge in [-0.1, -0.05) is 0 Å². The second-order valence-electron chi connectivity index (χ2n) is 1.87. The van der Waals surface area contributed by atoms with E-state index in [1.807, 2.05) is 0 Å². The second kappa shape index (κ2) is 5.20. The van der Waals surface area contributed by atoms with E-state index in [2.05, 4.69) is 0 Å². The van der Waals surface area contributed by atoms with Gasteiger partial charge in [0.05, 0.1) is 6.54 Å². The summed E-state index contributed by atoms with van der Waals surface area (Å²) >= 11 is 0. The van der Waals surface area contributed by atoms with Gasteiger partial charge in [0.15, 0.2) is 6.29 Å². The Labute approximate surface area is 60.7 Å². The molecular weight excluding hydrogens is 134 g/mol. The molecule has 4 heteroatoms. The van der Waals surface area contributed by atoms with Gasteiger partial charge in [-0.2, -0.15) is 0 Å². The standard InChI is InChI=1S/C6H12NO3/c1-7(5-8)4-6(9-2)10-3/h6H,4H2,1-3H3. The van der Waals surface area contributed by atoms with E-state index in [4.69, 9.17) is 9.47 Å². The van der Waals surface area contributed by atoms with Gasteiger partial charge < -0.3 is 14.4 Å². The quantitative estimate of drug-likeness (QED) is 0.391. The average Bonchev–Trinajstić information content (AvgIpc) is 1.99. The van der Waals surface area contributed by atoms with Gasteiger partial charge >= 0.3 is 6.41 Å². The van der Waals surface area contributed by atoms with E-state index in [9.17, 15) is 4.79 Å². The lowest BCUT2D eigenvalue weighted by molar-refractivity contribution is -0.107. The molecule has 1 radical (unpaired) electrons. The maximum absolute atomic E-state index is 9.96. The van der Waals surface area contributed by atoms with Gasteiger partial charge in [0.2, 0.25) is 0 Å². The molecular formula is C6H12NO3. The Morgan fingerprint density at radius 2 is 2.00 bits per heavy atom. The number of carbonyl (C=O) groups excluding carboxylic acids is 1. The Morgan fingerprint density at radius 1 is 1.50 bits per heavy atom. The first kappa shape index (κ1) is 9.39. The highest BCUT2D eigenvalue weighted by Gasteiger charge is 2.06. The minimum Gasteiger partial charge on any atom is -0.354 e. The number of likely N-dealkylation sites (N-methyl/N-ethyl adjacent to an activating group) is 1. The van der Waals surface area contributed by atoms with Crippen molar-refractivity contribution in [3.63, 3.8) is 0 Å². The van der Waals surface area contributed by atoms with Crippen molar-refractivity contribution in [1.82, 2.24) is 4.90 Å². The molecule has 0 saturated carbocycles. The molecule has 0 unspecified atom stereocenters. The van der Waals surface area contributed by atoms with Crippen LogP contribution in [-0.4, -0.2) is 45.4 Å². The molecule has 0 fully saturated rings. The van der Waals surface area contributed by atoms with Crippen molar-refractivity contribution in [3.05, 3.63) is 0 Å². The molecule has 0 aliphatic rings. The smallest absolute Gasteiger partial charge is 0.312 e. The third kappa shape index (κ3) is 3.42. The lowest BCUT2D eigenvalue weighted by Crippen LogP contribution is -2.30. The van der Waals surface area contributed by atoms with Gasteiger partial charge in [-0.25, -0.2) is 0 Å². The predicted octanol–water partition coefficient (Wildman–Crippen LogP) is -0.396.